The van der Waals surface area contributed by atoms with Crippen molar-refractivity contribution in [3.05, 3.63) is 53.6 Å². The average molecular weight is 359 g/mol. The molecule has 1 aromatic heterocycles. The molecular formula is C18H22FN5O2. The van der Waals surface area contributed by atoms with Gasteiger partial charge in [-0.15, -0.1) is 0 Å². The van der Waals surface area contributed by atoms with E-state index in [1.54, 1.807) is 29.1 Å². The van der Waals surface area contributed by atoms with Gasteiger partial charge in [0.15, 0.2) is 0 Å². The molecule has 3 N–H and O–H groups in total. The van der Waals surface area contributed by atoms with E-state index in [2.05, 4.69) is 10.4 Å². The number of likely N-dealkylation sites (tertiary alicyclic amines) is 1. The number of nitrogens with two attached hydrogens (primary N) is 1. The standard InChI is InChI=1S/C18H22FN5O2/c1-23-8-13(7-22-23)14-9-24(10-15(14)18(20)26)11-17(25)21-6-12-4-2-3-5-16(12)19/h2-5,7-8,14-15H,6,9-11H2,1H3,(H2,20,26)(H,21,25)/t14-,15+/m1/s1. The minimum Gasteiger partial charge on any atom is -0.369 e. The maximum absolute atomic E-state index is 13.6. The molecule has 0 unspecified atom stereocenters. The molecule has 2 aromatic rings. The van der Waals surface area contributed by atoms with Gasteiger partial charge in [-0.2, -0.15) is 5.10 Å². The molecule has 7 nitrogen and oxygen atoms in total. The summed E-state index contributed by atoms with van der Waals surface area (Å²) in [6.45, 7) is 1.23. The molecule has 1 fully saturated rings. The van der Waals surface area contributed by atoms with Crippen LogP contribution in [-0.2, 0) is 23.2 Å². The van der Waals surface area contributed by atoms with Gasteiger partial charge in [0.1, 0.15) is 5.82 Å². The van der Waals surface area contributed by atoms with Crippen LogP contribution in [0.1, 0.15) is 17.0 Å². The predicted octanol–water partition coefficient (Wildman–Crippen LogP) is 0.376. The van der Waals surface area contributed by atoms with E-state index in [4.69, 9.17) is 5.73 Å². The molecule has 8 heteroatoms. The van der Waals surface area contributed by atoms with Crippen molar-refractivity contribution in [2.24, 2.45) is 18.7 Å². The van der Waals surface area contributed by atoms with Crippen molar-refractivity contribution in [3.63, 3.8) is 0 Å². The van der Waals surface area contributed by atoms with Crippen LogP contribution in [0.4, 0.5) is 4.39 Å². The van der Waals surface area contributed by atoms with Crippen molar-refractivity contribution < 1.29 is 14.0 Å². The summed E-state index contributed by atoms with van der Waals surface area (Å²) in [5.74, 6) is -1.39. The minimum absolute atomic E-state index is 0.0828. The first-order chi connectivity index (χ1) is 12.4. The first-order valence-corrected chi connectivity index (χ1v) is 8.44. The first-order valence-electron chi connectivity index (χ1n) is 8.44. The highest BCUT2D eigenvalue weighted by molar-refractivity contribution is 5.80. The highest BCUT2D eigenvalue weighted by Gasteiger charge is 2.38. The summed E-state index contributed by atoms with van der Waals surface area (Å²) < 4.78 is 15.3. The molecule has 1 aromatic carbocycles. The number of carbonyl (C=O) groups is 2. The van der Waals surface area contributed by atoms with Crippen LogP contribution in [-0.4, -0.2) is 46.1 Å². The summed E-state index contributed by atoms with van der Waals surface area (Å²) in [7, 11) is 1.81. The predicted molar refractivity (Wildman–Crippen MR) is 93.3 cm³/mol. The van der Waals surface area contributed by atoms with Crippen molar-refractivity contribution in [1.29, 1.82) is 0 Å². The van der Waals surface area contributed by atoms with Gasteiger partial charge in [-0.1, -0.05) is 18.2 Å². The smallest absolute Gasteiger partial charge is 0.234 e. The summed E-state index contributed by atoms with van der Waals surface area (Å²) >= 11 is 0. The molecule has 0 bridgehead atoms. The number of benzene rings is 1. The maximum atomic E-state index is 13.6. The van der Waals surface area contributed by atoms with Gasteiger partial charge in [-0.3, -0.25) is 19.2 Å². The molecule has 2 heterocycles. The molecule has 0 spiro atoms. The normalized spacial score (nSPS) is 20.2. The Morgan fingerprint density at radius 2 is 2.12 bits per heavy atom. The Morgan fingerprint density at radius 3 is 2.77 bits per heavy atom. The van der Waals surface area contributed by atoms with E-state index in [1.807, 2.05) is 18.1 Å². The van der Waals surface area contributed by atoms with Crippen LogP contribution < -0.4 is 11.1 Å². The van der Waals surface area contributed by atoms with Crippen molar-refractivity contribution in [3.8, 4) is 0 Å². The van der Waals surface area contributed by atoms with Crippen molar-refractivity contribution >= 4 is 11.8 Å². The first kappa shape index (κ1) is 18.1. The quantitative estimate of drug-likeness (QED) is 0.780. The van der Waals surface area contributed by atoms with Gasteiger partial charge in [0, 0.05) is 44.4 Å². The summed E-state index contributed by atoms with van der Waals surface area (Å²) in [6.07, 6.45) is 3.59. The van der Waals surface area contributed by atoms with Gasteiger partial charge < -0.3 is 11.1 Å². The van der Waals surface area contributed by atoms with E-state index in [0.717, 1.165) is 5.56 Å². The highest BCUT2D eigenvalue weighted by atomic mass is 19.1. The summed E-state index contributed by atoms with van der Waals surface area (Å²) in [5.41, 5.74) is 6.91. The largest absolute Gasteiger partial charge is 0.369 e. The topological polar surface area (TPSA) is 93.3 Å². The molecule has 0 radical (unpaired) electrons. The second-order valence-electron chi connectivity index (χ2n) is 6.62. The molecule has 0 aliphatic carbocycles. The van der Waals surface area contributed by atoms with Gasteiger partial charge in [-0.25, -0.2) is 4.39 Å². The molecular weight excluding hydrogens is 337 g/mol. The van der Waals surface area contributed by atoms with Gasteiger partial charge in [0.25, 0.3) is 0 Å². The Bertz CT molecular complexity index is 806. The van der Waals surface area contributed by atoms with Gasteiger partial charge in [0.05, 0.1) is 18.7 Å². The molecule has 2 amide bonds. The number of halogens is 1. The molecule has 1 saturated heterocycles. The molecule has 0 saturated carbocycles. The molecule has 1 aliphatic rings. The third-order valence-electron chi connectivity index (χ3n) is 4.72. The number of primary amides is 1. The fourth-order valence-corrected chi connectivity index (χ4v) is 3.37. The zero-order chi connectivity index (χ0) is 18.7. The van der Waals surface area contributed by atoms with Crippen molar-refractivity contribution in [2.75, 3.05) is 19.6 Å². The second-order valence-corrected chi connectivity index (χ2v) is 6.62. The number of nitrogens with zero attached hydrogens (tertiary/aromatic N) is 3. The van der Waals surface area contributed by atoms with Crippen LogP contribution in [0.5, 0.6) is 0 Å². The van der Waals surface area contributed by atoms with E-state index >= 15 is 0 Å². The number of carbonyl (C=O) groups excluding carboxylic acids is 2. The monoisotopic (exact) mass is 359 g/mol. The number of hydrogen-bond acceptors (Lipinski definition) is 4. The van der Waals surface area contributed by atoms with Gasteiger partial charge in [0.2, 0.25) is 11.8 Å². The number of hydrogen-bond donors (Lipinski definition) is 2. The number of aryl methyl sites for hydroxylation is 1. The van der Waals surface area contributed by atoms with E-state index in [0.29, 0.717) is 18.7 Å². The third-order valence-corrected chi connectivity index (χ3v) is 4.72. The van der Waals surface area contributed by atoms with Crippen LogP contribution in [0.3, 0.4) is 0 Å². The Labute approximate surface area is 151 Å². The highest BCUT2D eigenvalue weighted by Crippen LogP contribution is 2.32. The Kier molecular flexibility index (Phi) is 5.32. The molecule has 3 rings (SSSR count). The Hall–Kier alpha value is -2.74. The average Bonchev–Trinajstić information content (AvgIpc) is 3.20. The summed E-state index contributed by atoms with van der Waals surface area (Å²) in [5, 5.41) is 6.86. The molecule has 1 aliphatic heterocycles. The SMILES string of the molecule is Cn1cc([C@H]2CN(CC(=O)NCc3ccccc3F)C[C@@H]2C(N)=O)cn1. The van der Waals surface area contributed by atoms with E-state index < -0.39 is 0 Å². The summed E-state index contributed by atoms with van der Waals surface area (Å²) in [6, 6.07) is 6.32. The molecule has 26 heavy (non-hydrogen) atoms. The van der Waals surface area contributed by atoms with Crippen LogP contribution in [0.2, 0.25) is 0 Å². The minimum atomic E-state index is -0.381. The molecule has 138 valence electrons. The lowest BCUT2D eigenvalue weighted by Crippen LogP contribution is -2.36. The zero-order valence-corrected chi connectivity index (χ0v) is 14.6. The van der Waals surface area contributed by atoms with Gasteiger partial charge >= 0.3 is 0 Å². The van der Waals surface area contributed by atoms with Crippen LogP contribution in [0.15, 0.2) is 36.7 Å². The lowest BCUT2D eigenvalue weighted by atomic mass is 9.90. The fourth-order valence-electron chi connectivity index (χ4n) is 3.37. The van der Waals surface area contributed by atoms with Crippen molar-refractivity contribution in [2.45, 2.75) is 12.5 Å². The van der Waals surface area contributed by atoms with Gasteiger partial charge in [-0.05, 0) is 11.6 Å². The fraction of sp³-hybridized carbons (Fsp3) is 0.389. The number of aromatic nitrogens is 2. The van der Waals surface area contributed by atoms with Crippen LogP contribution >= 0.6 is 0 Å². The number of nitrogens with one attached hydrogen (secondary N) is 1. The maximum Gasteiger partial charge on any atom is 0.234 e. The number of rotatable bonds is 6. The lowest BCUT2D eigenvalue weighted by Gasteiger charge is -2.15. The van der Waals surface area contributed by atoms with E-state index in [-0.39, 0.29) is 42.6 Å². The zero-order valence-electron chi connectivity index (χ0n) is 14.6. The molecule has 2 atom stereocenters. The van der Waals surface area contributed by atoms with E-state index in [1.165, 1.54) is 6.07 Å². The third kappa shape index (κ3) is 4.08. The van der Waals surface area contributed by atoms with Crippen LogP contribution in [0, 0.1) is 11.7 Å². The van der Waals surface area contributed by atoms with Crippen LogP contribution in [0.25, 0.3) is 0 Å². The second kappa shape index (κ2) is 7.65. The van der Waals surface area contributed by atoms with E-state index in [9.17, 15) is 14.0 Å². The summed E-state index contributed by atoms with van der Waals surface area (Å²) in [4.78, 5) is 25.9. The lowest BCUT2D eigenvalue weighted by molar-refractivity contribution is -0.124. The Balaban J connectivity index is 1.58. The Morgan fingerprint density at radius 1 is 1.35 bits per heavy atom. The van der Waals surface area contributed by atoms with Crippen molar-refractivity contribution in [1.82, 2.24) is 20.0 Å². The number of amides is 2.